The van der Waals surface area contributed by atoms with E-state index >= 15 is 0 Å². The number of nitrogens with zero attached hydrogens (tertiary/aromatic N) is 4. The van der Waals surface area contributed by atoms with Gasteiger partial charge in [0.05, 0.1) is 22.3 Å². The zero-order valence-electron chi connectivity index (χ0n) is 13.5. The first-order chi connectivity index (χ1) is 13.0. The third-order valence-electron chi connectivity index (χ3n) is 3.77. The van der Waals surface area contributed by atoms with E-state index in [4.69, 9.17) is 28.5 Å². The van der Waals surface area contributed by atoms with Crippen LogP contribution in [0, 0.1) is 11.3 Å². The average Bonchev–Trinajstić information content (AvgIpc) is 3.22. The Morgan fingerprint density at radius 1 is 1.22 bits per heavy atom. The molecule has 2 aromatic heterocycles. The van der Waals surface area contributed by atoms with Gasteiger partial charge < -0.3 is 0 Å². The second kappa shape index (κ2) is 7.00. The molecular weight excluding hydrogens is 405 g/mol. The van der Waals surface area contributed by atoms with E-state index in [1.807, 2.05) is 11.4 Å². The summed E-state index contributed by atoms with van der Waals surface area (Å²) >= 11 is 13.6. The molecule has 1 N–H and O–H groups in total. The highest BCUT2D eigenvalue weighted by Crippen LogP contribution is 2.33. The maximum absolute atomic E-state index is 12.4. The van der Waals surface area contributed by atoms with Gasteiger partial charge in [0.1, 0.15) is 0 Å². The molecule has 9 heteroatoms. The average molecular weight is 414 g/mol. The van der Waals surface area contributed by atoms with Crippen LogP contribution in [0.4, 0.5) is 5.95 Å². The van der Waals surface area contributed by atoms with Crippen LogP contribution in [-0.4, -0.2) is 20.5 Å². The first kappa shape index (κ1) is 17.5. The molecule has 2 aromatic carbocycles. The lowest BCUT2D eigenvalue weighted by atomic mass is 10.1. The molecule has 0 atom stereocenters. The van der Waals surface area contributed by atoms with Crippen molar-refractivity contribution < 1.29 is 4.79 Å². The third kappa shape index (κ3) is 3.38. The summed E-state index contributed by atoms with van der Waals surface area (Å²) in [5.74, 6) is -0.225. The van der Waals surface area contributed by atoms with Gasteiger partial charge in [0.2, 0.25) is 4.96 Å². The maximum atomic E-state index is 12.4. The van der Waals surface area contributed by atoms with Crippen LogP contribution in [-0.2, 0) is 0 Å². The molecule has 0 saturated heterocycles. The van der Waals surface area contributed by atoms with Crippen LogP contribution in [0.15, 0.2) is 47.8 Å². The molecule has 27 heavy (non-hydrogen) atoms. The summed E-state index contributed by atoms with van der Waals surface area (Å²) in [6.45, 7) is 0. The maximum Gasteiger partial charge on any atom is 0.258 e. The van der Waals surface area contributed by atoms with E-state index in [1.165, 1.54) is 17.4 Å². The smallest absolute Gasteiger partial charge is 0.258 e. The fourth-order valence-corrected chi connectivity index (χ4v) is 3.85. The van der Waals surface area contributed by atoms with Crippen LogP contribution in [0.5, 0.6) is 0 Å². The second-order valence-electron chi connectivity index (χ2n) is 5.52. The van der Waals surface area contributed by atoms with Crippen molar-refractivity contribution in [3.8, 4) is 17.3 Å². The fraction of sp³-hybridized carbons (Fsp3) is 0. The summed E-state index contributed by atoms with van der Waals surface area (Å²) in [6, 6.07) is 13.6. The fourth-order valence-electron chi connectivity index (χ4n) is 2.52. The number of anilines is 1. The monoisotopic (exact) mass is 413 g/mol. The number of fused-ring (bicyclic) bond motifs is 1. The van der Waals surface area contributed by atoms with Gasteiger partial charge in [0.25, 0.3) is 11.9 Å². The molecular formula is C18H9Cl2N5OS. The van der Waals surface area contributed by atoms with Gasteiger partial charge in [0, 0.05) is 21.5 Å². The number of aromatic nitrogens is 3. The number of carbonyl (C=O) groups excluding carboxylic acids is 1. The zero-order chi connectivity index (χ0) is 19.0. The summed E-state index contributed by atoms with van der Waals surface area (Å²) in [6.07, 6.45) is 0. The number of halogens is 2. The van der Waals surface area contributed by atoms with Crippen molar-refractivity contribution >= 4 is 51.4 Å². The van der Waals surface area contributed by atoms with Gasteiger partial charge in [-0.2, -0.15) is 10.2 Å². The molecule has 0 radical (unpaired) electrons. The van der Waals surface area contributed by atoms with Gasteiger partial charge in [-0.15, -0.1) is 16.4 Å². The predicted molar refractivity (Wildman–Crippen MR) is 105 cm³/mol. The van der Waals surface area contributed by atoms with Crippen LogP contribution in [0.25, 0.3) is 16.2 Å². The molecule has 6 nitrogen and oxygen atoms in total. The molecule has 2 heterocycles. The predicted octanol–water partition coefficient (Wildman–Crippen LogP) is 4.89. The molecule has 4 aromatic rings. The lowest BCUT2D eigenvalue weighted by Gasteiger charge is -2.03. The number of hydrogen-bond acceptors (Lipinski definition) is 5. The van der Waals surface area contributed by atoms with E-state index < -0.39 is 5.91 Å². The van der Waals surface area contributed by atoms with Crippen LogP contribution in [0.3, 0.4) is 0 Å². The number of benzene rings is 2. The van der Waals surface area contributed by atoms with Crippen molar-refractivity contribution in [2.45, 2.75) is 0 Å². The molecule has 0 bridgehead atoms. The van der Waals surface area contributed by atoms with Crippen LogP contribution < -0.4 is 5.32 Å². The van der Waals surface area contributed by atoms with Crippen LogP contribution in [0.1, 0.15) is 15.9 Å². The Hall–Kier alpha value is -2.92. The van der Waals surface area contributed by atoms with Crippen molar-refractivity contribution in [3.05, 3.63) is 69.0 Å². The molecule has 0 aliphatic rings. The molecule has 0 fully saturated rings. The van der Waals surface area contributed by atoms with E-state index in [1.54, 1.807) is 40.9 Å². The largest absolute Gasteiger partial charge is 0.289 e. The highest BCUT2D eigenvalue weighted by atomic mass is 35.5. The number of carbonyl (C=O) groups is 1. The Balaban J connectivity index is 1.66. The van der Waals surface area contributed by atoms with Crippen molar-refractivity contribution in [3.63, 3.8) is 0 Å². The normalized spacial score (nSPS) is 10.7. The highest BCUT2D eigenvalue weighted by molar-refractivity contribution is 7.15. The summed E-state index contributed by atoms with van der Waals surface area (Å²) in [4.78, 5) is 17.3. The number of rotatable bonds is 3. The zero-order valence-corrected chi connectivity index (χ0v) is 15.8. The number of nitriles is 1. The Bertz CT molecular complexity index is 1220. The van der Waals surface area contributed by atoms with Gasteiger partial charge in [-0.05, 0) is 36.4 Å². The van der Waals surface area contributed by atoms with Gasteiger partial charge in [-0.1, -0.05) is 29.3 Å². The molecule has 0 aliphatic carbocycles. The molecule has 132 valence electrons. The first-order valence-electron chi connectivity index (χ1n) is 7.66. The molecule has 1 amide bonds. The Kier molecular flexibility index (Phi) is 4.54. The SMILES string of the molecule is N#Cc1cccc(C(=O)Nc2nc3scc(-c4ccc(Cl)cc4Cl)n3n2)c1. The van der Waals surface area contributed by atoms with E-state index in [0.29, 0.717) is 26.1 Å². The third-order valence-corrected chi connectivity index (χ3v) is 5.13. The molecule has 0 unspecified atom stereocenters. The lowest BCUT2D eigenvalue weighted by molar-refractivity contribution is 0.102. The minimum absolute atomic E-state index is 0.167. The summed E-state index contributed by atoms with van der Waals surface area (Å²) in [7, 11) is 0. The van der Waals surface area contributed by atoms with E-state index in [-0.39, 0.29) is 5.95 Å². The number of amides is 1. The Labute approximate surface area is 167 Å². The minimum Gasteiger partial charge on any atom is -0.289 e. The Morgan fingerprint density at radius 2 is 2.07 bits per heavy atom. The number of thiazole rings is 1. The second-order valence-corrected chi connectivity index (χ2v) is 7.20. The van der Waals surface area contributed by atoms with Gasteiger partial charge >= 0.3 is 0 Å². The highest BCUT2D eigenvalue weighted by Gasteiger charge is 2.16. The minimum atomic E-state index is -0.392. The number of nitrogens with one attached hydrogen (secondary N) is 1. The van der Waals surface area contributed by atoms with E-state index in [0.717, 1.165) is 11.3 Å². The van der Waals surface area contributed by atoms with Crippen LogP contribution in [0.2, 0.25) is 10.0 Å². The van der Waals surface area contributed by atoms with Crippen LogP contribution >= 0.6 is 34.5 Å². The number of hydrogen-bond donors (Lipinski definition) is 1. The lowest BCUT2D eigenvalue weighted by Crippen LogP contribution is -2.13. The summed E-state index contributed by atoms with van der Waals surface area (Å²) < 4.78 is 1.61. The van der Waals surface area contributed by atoms with Crippen molar-refractivity contribution in [1.29, 1.82) is 5.26 Å². The topological polar surface area (TPSA) is 83.1 Å². The van der Waals surface area contributed by atoms with Crippen molar-refractivity contribution in [1.82, 2.24) is 14.6 Å². The van der Waals surface area contributed by atoms with Gasteiger partial charge in [-0.3, -0.25) is 10.1 Å². The summed E-state index contributed by atoms with van der Waals surface area (Å²) in [5.41, 5.74) is 2.27. The summed E-state index contributed by atoms with van der Waals surface area (Å²) in [5, 5.41) is 18.9. The van der Waals surface area contributed by atoms with Gasteiger partial charge in [-0.25, -0.2) is 4.52 Å². The molecule has 0 saturated carbocycles. The molecule has 0 spiro atoms. The van der Waals surface area contributed by atoms with Gasteiger partial charge in [0.15, 0.2) is 0 Å². The van der Waals surface area contributed by atoms with Crippen molar-refractivity contribution in [2.75, 3.05) is 5.32 Å². The Morgan fingerprint density at radius 3 is 2.85 bits per heavy atom. The molecule has 4 rings (SSSR count). The quantitative estimate of drug-likeness (QED) is 0.518. The van der Waals surface area contributed by atoms with E-state index in [2.05, 4.69) is 15.4 Å². The standard InChI is InChI=1S/C18H9Cl2N5OS/c19-12-4-5-13(14(20)7-12)15-9-27-18-23-17(24-25(15)18)22-16(26)11-3-1-2-10(6-11)8-21/h1-7,9H,(H,22,24,26). The first-order valence-corrected chi connectivity index (χ1v) is 9.30. The van der Waals surface area contributed by atoms with E-state index in [9.17, 15) is 4.79 Å². The van der Waals surface area contributed by atoms with Crippen molar-refractivity contribution in [2.24, 2.45) is 0 Å². The molecule has 0 aliphatic heterocycles.